The maximum absolute atomic E-state index is 9.60. The molecule has 6 nitrogen and oxygen atoms in total. The number of phenols is 1. The van der Waals surface area contributed by atoms with E-state index in [2.05, 4.69) is 36.5 Å². The summed E-state index contributed by atoms with van der Waals surface area (Å²) in [4.78, 5) is 9.06. The molecule has 49 heavy (non-hydrogen) atoms. The molecular formula is C38H37BrCl4N4O2. The molecule has 0 amide bonds. The van der Waals surface area contributed by atoms with Crippen LogP contribution in [0, 0.1) is 13.8 Å². The van der Waals surface area contributed by atoms with Crippen LogP contribution in [0.15, 0.2) is 97.1 Å². The third kappa shape index (κ3) is 12.1. The van der Waals surface area contributed by atoms with Crippen molar-refractivity contribution in [1.29, 1.82) is 0 Å². The van der Waals surface area contributed by atoms with Crippen LogP contribution < -0.4 is 15.4 Å². The van der Waals surface area contributed by atoms with Gasteiger partial charge in [-0.3, -0.25) is 9.97 Å². The van der Waals surface area contributed by atoms with Crippen molar-refractivity contribution in [2.75, 3.05) is 34.3 Å². The minimum atomic E-state index is 0.134. The molecule has 0 saturated carbocycles. The lowest BCUT2D eigenvalue weighted by Gasteiger charge is -2.13. The Morgan fingerprint density at radius 3 is 1.67 bits per heavy atom. The Kier molecular flexibility index (Phi) is 15.4. The number of hydrogen-bond donors (Lipinski definition) is 3. The molecule has 0 aliphatic rings. The summed E-state index contributed by atoms with van der Waals surface area (Å²) in [5, 5.41) is 20.5. The van der Waals surface area contributed by atoms with Crippen molar-refractivity contribution in [3.63, 3.8) is 0 Å². The Morgan fingerprint density at radius 1 is 0.673 bits per heavy atom. The van der Waals surface area contributed by atoms with Gasteiger partial charge in [0.05, 0.1) is 17.6 Å². The number of halogens is 5. The summed E-state index contributed by atoms with van der Waals surface area (Å²) in [6.07, 6.45) is 1.87. The number of ether oxygens (including phenoxy) is 1. The van der Waals surface area contributed by atoms with E-state index in [-0.39, 0.29) is 5.75 Å². The van der Waals surface area contributed by atoms with Gasteiger partial charge in [-0.2, -0.15) is 0 Å². The highest BCUT2D eigenvalue weighted by Gasteiger charge is 2.08. The number of nitrogens with zero attached hydrogens (tertiary/aromatic N) is 2. The van der Waals surface area contributed by atoms with Crippen molar-refractivity contribution in [1.82, 2.24) is 9.97 Å². The first kappa shape index (κ1) is 38.3. The van der Waals surface area contributed by atoms with Gasteiger partial charge in [0.15, 0.2) is 0 Å². The normalized spacial score (nSPS) is 10.5. The maximum Gasteiger partial charge on any atom is 0.122 e. The van der Waals surface area contributed by atoms with E-state index >= 15 is 0 Å². The van der Waals surface area contributed by atoms with E-state index in [0.717, 1.165) is 85.7 Å². The van der Waals surface area contributed by atoms with E-state index in [0.29, 0.717) is 22.5 Å². The summed E-state index contributed by atoms with van der Waals surface area (Å²) in [5.74, 6) is 2.21. The fourth-order valence-corrected chi connectivity index (χ4v) is 6.09. The number of aryl methyl sites for hydroxylation is 2. The van der Waals surface area contributed by atoms with E-state index in [1.807, 2.05) is 86.6 Å². The number of para-hydroxylation sites is 2. The maximum atomic E-state index is 9.60. The van der Waals surface area contributed by atoms with Gasteiger partial charge in [-0.25, -0.2) is 0 Å². The number of benzene rings is 4. The second kappa shape index (κ2) is 19.7. The lowest BCUT2D eigenvalue weighted by Crippen LogP contribution is -1.99. The lowest BCUT2D eigenvalue weighted by molar-refractivity contribution is 0.318. The monoisotopic (exact) mass is 800 g/mol. The van der Waals surface area contributed by atoms with Crippen molar-refractivity contribution in [2.45, 2.75) is 26.7 Å². The third-order valence-electron chi connectivity index (χ3n) is 6.81. The van der Waals surface area contributed by atoms with Gasteiger partial charge in [0.25, 0.3) is 0 Å². The van der Waals surface area contributed by atoms with Gasteiger partial charge < -0.3 is 20.5 Å². The number of fused-ring (bicyclic) bond motifs is 2. The number of aromatic hydroxyl groups is 1. The minimum absolute atomic E-state index is 0.134. The quantitative estimate of drug-likeness (QED) is 0.0946. The Balaban J connectivity index is 0.000000197. The molecule has 0 atom stereocenters. The molecule has 0 fully saturated rings. The molecule has 0 aliphatic carbocycles. The van der Waals surface area contributed by atoms with Crippen molar-refractivity contribution in [3.05, 3.63) is 118 Å². The number of anilines is 4. The second-order valence-corrected chi connectivity index (χ2v) is 13.3. The van der Waals surface area contributed by atoms with Crippen molar-refractivity contribution >= 4 is 107 Å². The van der Waals surface area contributed by atoms with Crippen LogP contribution in [0.2, 0.25) is 10.0 Å². The average Bonchev–Trinajstić information content (AvgIpc) is 3.05. The van der Waals surface area contributed by atoms with Gasteiger partial charge in [0, 0.05) is 84.2 Å². The highest BCUT2D eigenvalue weighted by molar-refractivity contribution is 9.09. The van der Waals surface area contributed by atoms with Crippen molar-refractivity contribution in [2.24, 2.45) is 0 Å². The Bertz CT molecular complexity index is 1960. The van der Waals surface area contributed by atoms with Crippen LogP contribution in [-0.4, -0.2) is 38.8 Å². The van der Waals surface area contributed by atoms with Crippen molar-refractivity contribution in [3.8, 4) is 11.5 Å². The van der Waals surface area contributed by atoms with Crippen LogP contribution >= 0.6 is 62.3 Å². The molecule has 6 aromatic rings. The zero-order chi connectivity index (χ0) is 35.2. The minimum Gasteiger partial charge on any atom is -0.508 e. The fraction of sp³-hybridized carbons (Fsp3) is 0.211. The van der Waals surface area contributed by atoms with Crippen LogP contribution in [0.1, 0.15) is 24.2 Å². The summed E-state index contributed by atoms with van der Waals surface area (Å²) in [5.41, 5.74) is 7.32. The Hall–Kier alpha value is -3.46. The van der Waals surface area contributed by atoms with Gasteiger partial charge in [0.1, 0.15) is 11.5 Å². The van der Waals surface area contributed by atoms with Crippen LogP contribution in [0.4, 0.5) is 22.7 Å². The van der Waals surface area contributed by atoms with E-state index in [4.69, 9.17) is 51.1 Å². The number of phenolic OH excluding ortho intramolecular Hbond substituents is 1. The molecule has 6 rings (SSSR count). The summed E-state index contributed by atoms with van der Waals surface area (Å²) in [6, 6.07) is 30.5. The summed E-state index contributed by atoms with van der Waals surface area (Å²) in [6.45, 7) is 4.50. The Labute approximate surface area is 315 Å². The summed E-state index contributed by atoms with van der Waals surface area (Å²) in [7, 11) is 0. The smallest absolute Gasteiger partial charge is 0.122 e. The molecule has 2 heterocycles. The molecular weight excluding hydrogens is 766 g/mol. The predicted octanol–water partition coefficient (Wildman–Crippen LogP) is 12.6. The van der Waals surface area contributed by atoms with Crippen molar-refractivity contribution < 1.29 is 9.84 Å². The lowest BCUT2D eigenvalue weighted by atomic mass is 10.1. The molecule has 11 heteroatoms. The molecule has 0 saturated heterocycles. The highest BCUT2D eigenvalue weighted by Crippen LogP contribution is 2.32. The summed E-state index contributed by atoms with van der Waals surface area (Å²) < 4.78 is 5.70. The van der Waals surface area contributed by atoms with Crippen LogP contribution in [0.5, 0.6) is 11.5 Å². The van der Waals surface area contributed by atoms with Gasteiger partial charge >= 0.3 is 0 Å². The number of nitrogens with one attached hydrogen (secondary N) is 2. The van der Waals surface area contributed by atoms with Gasteiger partial charge in [-0.15, -0.1) is 23.2 Å². The predicted molar refractivity (Wildman–Crippen MR) is 214 cm³/mol. The largest absolute Gasteiger partial charge is 0.508 e. The molecule has 4 aromatic carbocycles. The highest BCUT2D eigenvalue weighted by atomic mass is 79.9. The van der Waals surface area contributed by atoms with E-state index in [9.17, 15) is 5.11 Å². The molecule has 256 valence electrons. The topological polar surface area (TPSA) is 79.3 Å². The molecule has 3 N–H and O–H groups in total. The van der Waals surface area contributed by atoms with Gasteiger partial charge in [-0.05, 0) is 75.2 Å². The van der Waals surface area contributed by atoms with E-state index in [1.165, 1.54) is 6.07 Å². The van der Waals surface area contributed by atoms with E-state index in [1.54, 1.807) is 18.2 Å². The Morgan fingerprint density at radius 2 is 1.18 bits per heavy atom. The van der Waals surface area contributed by atoms with Crippen LogP contribution in [-0.2, 0) is 0 Å². The molecule has 0 unspecified atom stereocenters. The first-order chi connectivity index (χ1) is 23.7. The molecule has 0 bridgehead atoms. The zero-order valence-electron chi connectivity index (χ0n) is 27.1. The number of alkyl halides is 3. The standard InChI is InChI=1S/C19H18Cl2N2O.C16H13ClN2O.C3H6BrCl/c1-13-9-19(17-5-2-3-6-18(17)22-13)23-15-10-14(21)11-16(12-15)24-8-4-7-20;1-10-6-16(14-4-2-3-5-15(14)18-10)19-12-7-11(17)8-13(20)9-12;4-2-1-3-5/h2-3,5-6,9-12H,4,7-8H2,1H3,(H,22,23);2-9,20H,1H3,(H,18,19);1-3H2. The molecule has 0 aliphatic heterocycles. The second-order valence-electron chi connectivity index (χ2n) is 10.9. The fourth-order valence-electron chi connectivity index (χ4n) is 4.79. The number of aromatic nitrogens is 2. The molecule has 0 radical (unpaired) electrons. The number of hydrogen-bond acceptors (Lipinski definition) is 6. The van der Waals surface area contributed by atoms with Gasteiger partial charge in [-0.1, -0.05) is 75.5 Å². The van der Waals surface area contributed by atoms with Gasteiger partial charge in [0.2, 0.25) is 0 Å². The molecule has 0 spiro atoms. The van der Waals surface area contributed by atoms with Crippen LogP contribution in [0.3, 0.4) is 0 Å². The third-order valence-corrected chi connectivity index (χ3v) is 8.35. The van der Waals surface area contributed by atoms with E-state index < -0.39 is 0 Å². The number of rotatable bonds is 10. The SMILES string of the molecule is Cc1cc(Nc2cc(Cl)cc(OCCCCl)c2)c2ccccc2n1.Cc1cc(Nc2cc(O)cc(Cl)c2)c2ccccc2n1.ClCCCBr. The first-order valence-corrected chi connectivity index (χ1v) is 18.5. The molecule has 2 aromatic heterocycles. The number of pyridine rings is 2. The summed E-state index contributed by atoms with van der Waals surface area (Å²) >= 11 is 26.4. The zero-order valence-corrected chi connectivity index (χ0v) is 31.7. The average molecular weight is 803 g/mol. The van der Waals surface area contributed by atoms with Crippen LogP contribution in [0.25, 0.3) is 21.8 Å². The first-order valence-electron chi connectivity index (χ1n) is 15.6.